The van der Waals surface area contributed by atoms with Gasteiger partial charge in [0.25, 0.3) is 0 Å². The molecule has 2 heteroatoms. The molecule has 208 valence electrons. The van der Waals surface area contributed by atoms with E-state index in [1.807, 2.05) is 13.2 Å². The predicted octanol–water partition coefficient (Wildman–Crippen LogP) is 10.9. The molecule has 0 fully saturated rings. The molecule has 2 nitrogen and oxygen atoms in total. The molecule has 0 rings (SSSR count). The number of nitrogens with zero attached hydrogens (tertiary/aromatic N) is 1. The van der Waals surface area contributed by atoms with Gasteiger partial charge in [0, 0.05) is 19.9 Å². The second kappa shape index (κ2) is 29.4. The summed E-state index contributed by atoms with van der Waals surface area (Å²) in [5, 5.41) is 3.12. The minimum absolute atomic E-state index is 0.603. The highest BCUT2D eigenvalue weighted by molar-refractivity contribution is 5.15. The van der Waals surface area contributed by atoms with Crippen LogP contribution in [0.5, 0.6) is 0 Å². The zero-order valence-corrected chi connectivity index (χ0v) is 24.8. The van der Waals surface area contributed by atoms with E-state index < -0.39 is 0 Å². The van der Waals surface area contributed by atoms with Crippen LogP contribution in [-0.4, -0.2) is 24.4 Å². The van der Waals surface area contributed by atoms with E-state index in [-0.39, 0.29) is 0 Å². The largest absolute Gasteiger partial charge is 0.389 e. The standard InChI is InChI=1S/C33H67N2/c1-5-7-9-11-13-15-16-17-18-19-20-21-22-24-26-28-30-33(35(4)32-31-34-3)29-27-25-23-14-12-10-8-6-2/h31-34H,4-30H2,1-3H3/q+1/b32-31-. The first kappa shape index (κ1) is 34.2. The molecule has 0 amide bonds. The molecule has 0 heterocycles. The maximum Gasteiger partial charge on any atom is 0.184 e. The fraction of sp³-hybridized carbons (Fsp3) is 0.909. The summed E-state index contributed by atoms with van der Waals surface area (Å²) in [6, 6.07) is 0.603. The van der Waals surface area contributed by atoms with Crippen LogP contribution < -0.4 is 5.32 Å². The Hall–Kier alpha value is -0.790. The summed E-state index contributed by atoms with van der Waals surface area (Å²) in [5.74, 6) is 0. The smallest absolute Gasteiger partial charge is 0.184 e. The van der Waals surface area contributed by atoms with Crippen LogP contribution in [0.2, 0.25) is 0 Å². The second-order valence-corrected chi connectivity index (χ2v) is 11.1. The molecular weight excluding hydrogens is 424 g/mol. The molecule has 0 aliphatic rings. The third-order valence-corrected chi connectivity index (χ3v) is 7.68. The Morgan fingerprint density at radius 3 is 1.09 bits per heavy atom. The van der Waals surface area contributed by atoms with Gasteiger partial charge in [0.1, 0.15) is 6.72 Å². The summed E-state index contributed by atoms with van der Waals surface area (Å²) in [5.41, 5.74) is 0. The van der Waals surface area contributed by atoms with Gasteiger partial charge in [0.15, 0.2) is 12.2 Å². The van der Waals surface area contributed by atoms with Crippen LogP contribution in [0.1, 0.15) is 181 Å². The van der Waals surface area contributed by atoms with Crippen molar-refractivity contribution in [2.45, 2.75) is 187 Å². The molecule has 0 aliphatic carbocycles. The van der Waals surface area contributed by atoms with Crippen molar-refractivity contribution < 1.29 is 4.58 Å². The van der Waals surface area contributed by atoms with Gasteiger partial charge in [-0.05, 0) is 12.8 Å². The molecule has 1 N–H and O–H groups in total. The normalized spacial score (nSPS) is 12.4. The van der Waals surface area contributed by atoms with Gasteiger partial charge in [0.2, 0.25) is 0 Å². The summed E-state index contributed by atoms with van der Waals surface area (Å²) < 4.78 is 2.21. The van der Waals surface area contributed by atoms with Gasteiger partial charge in [-0.3, -0.25) is 0 Å². The summed E-state index contributed by atoms with van der Waals surface area (Å²) in [4.78, 5) is 0. The molecule has 0 spiro atoms. The molecule has 1 unspecified atom stereocenters. The van der Waals surface area contributed by atoms with Crippen LogP contribution in [0.3, 0.4) is 0 Å². The molecular formula is C33H67N2+. The summed E-state index contributed by atoms with van der Waals surface area (Å²) in [6.07, 6.45) is 41.0. The molecule has 0 aliphatic heterocycles. The maximum absolute atomic E-state index is 4.32. The van der Waals surface area contributed by atoms with Crippen molar-refractivity contribution in [3.05, 3.63) is 12.4 Å². The van der Waals surface area contributed by atoms with E-state index in [1.54, 1.807) is 0 Å². The molecule has 0 saturated heterocycles. The molecule has 1 atom stereocenters. The van der Waals surface area contributed by atoms with E-state index in [0.29, 0.717) is 6.04 Å². The van der Waals surface area contributed by atoms with Crippen molar-refractivity contribution >= 4 is 6.72 Å². The lowest BCUT2D eigenvalue weighted by molar-refractivity contribution is -0.495. The lowest BCUT2D eigenvalue weighted by Gasteiger charge is -2.13. The molecule has 0 aromatic heterocycles. The lowest BCUT2D eigenvalue weighted by Crippen LogP contribution is -2.21. The highest BCUT2D eigenvalue weighted by atomic mass is 15.0. The van der Waals surface area contributed by atoms with Gasteiger partial charge in [-0.1, -0.05) is 155 Å². The van der Waals surface area contributed by atoms with E-state index in [0.717, 1.165) is 0 Å². The van der Waals surface area contributed by atoms with Gasteiger partial charge in [-0.25, -0.2) is 4.58 Å². The number of hydrogen-bond acceptors (Lipinski definition) is 1. The lowest BCUT2D eigenvalue weighted by atomic mass is 9.99. The Balaban J connectivity index is 3.69. The second-order valence-electron chi connectivity index (χ2n) is 11.1. The molecule has 0 saturated carbocycles. The fourth-order valence-electron chi connectivity index (χ4n) is 5.21. The van der Waals surface area contributed by atoms with Crippen molar-refractivity contribution in [3.63, 3.8) is 0 Å². The SMILES string of the molecule is C=[N+](/C=C\NC)C(CCCCCCCCCC)CCCCCCCCCCCCCCCCCC. The number of nitrogens with one attached hydrogen (secondary N) is 1. The minimum Gasteiger partial charge on any atom is -0.389 e. The van der Waals surface area contributed by atoms with Crippen LogP contribution in [0.4, 0.5) is 0 Å². The highest BCUT2D eigenvalue weighted by Gasteiger charge is 2.16. The topological polar surface area (TPSA) is 15.0 Å². The van der Waals surface area contributed by atoms with Crippen molar-refractivity contribution in [2.24, 2.45) is 0 Å². The first-order valence-corrected chi connectivity index (χ1v) is 16.2. The number of hydrogen-bond donors (Lipinski definition) is 1. The monoisotopic (exact) mass is 492 g/mol. The van der Waals surface area contributed by atoms with Gasteiger partial charge < -0.3 is 5.32 Å². The molecule has 0 radical (unpaired) electrons. The zero-order chi connectivity index (χ0) is 25.7. The maximum atomic E-state index is 4.32. The van der Waals surface area contributed by atoms with Crippen LogP contribution in [0.25, 0.3) is 0 Å². The van der Waals surface area contributed by atoms with Crippen LogP contribution in [-0.2, 0) is 0 Å². The van der Waals surface area contributed by atoms with Gasteiger partial charge >= 0.3 is 0 Å². The third-order valence-electron chi connectivity index (χ3n) is 7.68. The van der Waals surface area contributed by atoms with E-state index in [4.69, 9.17) is 0 Å². The number of unbranched alkanes of at least 4 members (excludes halogenated alkanes) is 22. The van der Waals surface area contributed by atoms with E-state index in [2.05, 4.69) is 36.7 Å². The minimum atomic E-state index is 0.603. The van der Waals surface area contributed by atoms with Crippen LogP contribution in [0.15, 0.2) is 12.4 Å². The first-order chi connectivity index (χ1) is 17.3. The number of rotatable bonds is 29. The van der Waals surface area contributed by atoms with E-state index in [9.17, 15) is 0 Å². The van der Waals surface area contributed by atoms with Crippen molar-refractivity contribution in [2.75, 3.05) is 7.05 Å². The molecule has 0 bridgehead atoms. The average molecular weight is 492 g/mol. The Bertz CT molecular complexity index is 442. The molecule has 35 heavy (non-hydrogen) atoms. The Morgan fingerprint density at radius 1 is 0.514 bits per heavy atom. The highest BCUT2D eigenvalue weighted by Crippen LogP contribution is 2.18. The molecule has 0 aromatic rings. The fourth-order valence-corrected chi connectivity index (χ4v) is 5.21. The van der Waals surface area contributed by atoms with Gasteiger partial charge in [-0.15, -0.1) is 0 Å². The van der Waals surface area contributed by atoms with Crippen molar-refractivity contribution in [1.29, 1.82) is 0 Å². The van der Waals surface area contributed by atoms with Gasteiger partial charge in [0.05, 0.1) is 6.20 Å². The predicted molar refractivity (Wildman–Crippen MR) is 161 cm³/mol. The Morgan fingerprint density at radius 2 is 0.800 bits per heavy atom. The van der Waals surface area contributed by atoms with Crippen LogP contribution >= 0.6 is 0 Å². The Labute approximate surface area is 222 Å². The summed E-state index contributed by atoms with van der Waals surface area (Å²) in [7, 11) is 1.97. The summed E-state index contributed by atoms with van der Waals surface area (Å²) >= 11 is 0. The zero-order valence-electron chi connectivity index (χ0n) is 24.8. The van der Waals surface area contributed by atoms with Crippen molar-refractivity contribution in [1.82, 2.24) is 5.32 Å². The Kier molecular flexibility index (Phi) is 28.8. The molecule has 0 aromatic carbocycles. The first-order valence-electron chi connectivity index (χ1n) is 16.2. The van der Waals surface area contributed by atoms with Crippen LogP contribution in [0, 0.1) is 0 Å². The third kappa shape index (κ3) is 26.1. The quantitative estimate of drug-likeness (QED) is 0.0624. The van der Waals surface area contributed by atoms with Gasteiger partial charge in [-0.2, -0.15) is 0 Å². The van der Waals surface area contributed by atoms with Crippen molar-refractivity contribution in [3.8, 4) is 0 Å². The average Bonchev–Trinajstić information content (AvgIpc) is 2.87. The summed E-state index contributed by atoms with van der Waals surface area (Å²) in [6.45, 7) is 8.92. The van der Waals surface area contributed by atoms with E-state index in [1.165, 1.54) is 167 Å². The van der Waals surface area contributed by atoms with E-state index >= 15 is 0 Å².